The summed E-state index contributed by atoms with van der Waals surface area (Å²) in [6.07, 6.45) is 1.33. The first-order valence-electron chi connectivity index (χ1n) is 5.78. The summed E-state index contributed by atoms with van der Waals surface area (Å²) in [7, 11) is 2.00. The van der Waals surface area contributed by atoms with Gasteiger partial charge in [0.25, 0.3) is 0 Å². The molecule has 6 heteroatoms. The molecule has 0 radical (unpaired) electrons. The SMILES string of the molecule is CN1CCC2(CC1)C(=C=N)C(=S)NC(=O)[C@@H]2C#N. The van der Waals surface area contributed by atoms with Gasteiger partial charge in [0.15, 0.2) is 0 Å². The Morgan fingerprint density at radius 3 is 2.67 bits per heavy atom. The molecule has 0 bridgehead atoms. The Labute approximate surface area is 111 Å². The van der Waals surface area contributed by atoms with E-state index in [4.69, 9.17) is 17.6 Å². The van der Waals surface area contributed by atoms with Gasteiger partial charge in [-0.3, -0.25) is 10.2 Å². The summed E-state index contributed by atoms with van der Waals surface area (Å²) in [5.41, 5.74) is -0.112. The van der Waals surface area contributed by atoms with Gasteiger partial charge in [0, 0.05) is 5.41 Å². The number of hydrogen-bond acceptors (Lipinski definition) is 5. The van der Waals surface area contributed by atoms with E-state index in [-0.39, 0.29) is 10.9 Å². The highest BCUT2D eigenvalue weighted by molar-refractivity contribution is 7.80. The van der Waals surface area contributed by atoms with Crippen LogP contribution in [-0.4, -0.2) is 41.8 Å². The molecule has 18 heavy (non-hydrogen) atoms. The van der Waals surface area contributed by atoms with Gasteiger partial charge in [-0.05, 0) is 38.8 Å². The van der Waals surface area contributed by atoms with E-state index in [2.05, 4.69) is 22.2 Å². The summed E-state index contributed by atoms with van der Waals surface area (Å²) < 4.78 is 0. The van der Waals surface area contributed by atoms with Crippen molar-refractivity contribution in [2.75, 3.05) is 20.1 Å². The molecule has 2 fully saturated rings. The molecule has 5 nitrogen and oxygen atoms in total. The third-order valence-corrected chi connectivity index (χ3v) is 4.22. The zero-order valence-corrected chi connectivity index (χ0v) is 10.9. The normalized spacial score (nSPS) is 27.6. The average Bonchev–Trinajstić information content (AvgIpc) is 2.33. The zero-order chi connectivity index (χ0) is 13.3. The fourth-order valence-corrected chi connectivity index (χ4v) is 3.14. The van der Waals surface area contributed by atoms with Gasteiger partial charge in [0.2, 0.25) is 5.91 Å². The topological polar surface area (TPSA) is 80.0 Å². The van der Waals surface area contributed by atoms with Crippen LogP contribution < -0.4 is 5.32 Å². The first-order chi connectivity index (χ1) is 8.55. The molecular weight excluding hydrogens is 248 g/mol. The van der Waals surface area contributed by atoms with Crippen LogP contribution in [0.5, 0.6) is 0 Å². The summed E-state index contributed by atoms with van der Waals surface area (Å²) in [6.45, 7) is 1.58. The third-order valence-electron chi connectivity index (χ3n) is 3.91. The number of carbonyl (C=O) groups is 1. The number of rotatable bonds is 0. The van der Waals surface area contributed by atoms with Crippen LogP contribution in [0.3, 0.4) is 0 Å². The Balaban J connectivity index is 2.49. The van der Waals surface area contributed by atoms with E-state index in [1.807, 2.05) is 7.05 Å². The minimum Gasteiger partial charge on any atom is -0.315 e. The molecule has 2 N–H and O–H groups in total. The van der Waals surface area contributed by atoms with Crippen molar-refractivity contribution < 1.29 is 4.79 Å². The molecule has 0 aliphatic carbocycles. The molecule has 0 aromatic heterocycles. The minimum atomic E-state index is -0.772. The zero-order valence-electron chi connectivity index (χ0n) is 10.1. The Kier molecular flexibility index (Phi) is 3.31. The molecule has 2 aliphatic rings. The molecule has 1 amide bonds. The van der Waals surface area contributed by atoms with E-state index in [1.54, 1.807) is 0 Å². The van der Waals surface area contributed by atoms with Crippen molar-refractivity contribution in [3.63, 3.8) is 0 Å². The second kappa shape index (κ2) is 4.62. The van der Waals surface area contributed by atoms with E-state index in [9.17, 15) is 10.1 Å². The lowest BCUT2D eigenvalue weighted by atomic mass is 9.62. The summed E-state index contributed by atoms with van der Waals surface area (Å²) >= 11 is 5.11. The van der Waals surface area contributed by atoms with Crippen molar-refractivity contribution in [1.82, 2.24) is 10.2 Å². The highest BCUT2D eigenvalue weighted by atomic mass is 32.1. The lowest BCUT2D eigenvalue weighted by molar-refractivity contribution is -0.126. The van der Waals surface area contributed by atoms with Crippen LogP contribution in [0, 0.1) is 28.1 Å². The van der Waals surface area contributed by atoms with Crippen molar-refractivity contribution >= 4 is 29.0 Å². The fraction of sp³-hybridized carbons (Fsp3) is 0.583. The van der Waals surface area contributed by atoms with Crippen LogP contribution >= 0.6 is 12.2 Å². The quantitative estimate of drug-likeness (QED) is 0.378. The highest BCUT2D eigenvalue weighted by Gasteiger charge is 2.52. The molecule has 2 aliphatic heterocycles. The van der Waals surface area contributed by atoms with Crippen LogP contribution in [0.15, 0.2) is 5.57 Å². The molecule has 0 saturated carbocycles. The number of likely N-dealkylation sites (tertiary alicyclic amines) is 1. The molecule has 94 valence electrons. The summed E-state index contributed by atoms with van der Waals surface area (Å²) in [5, 5.41) is 19.2. The molecule has 0 aromatic rings. The van der Waals surface area contributed by atoms with Gasteiger partial charge < -0.3 is 10.2 Å². The number of nitrogens with zero attached hydrogens (tertiary/aromatic N) is 2. The Bertz CT molecular complexity index is 493. The van der Waals surface area contributed by atoms with E-state index in [1.165, 1.54) is 0 Å². The highest BCUT2D eigenvalue weighted by Crippen LogP contribution is 2.46. The molecule has 2 heterocycles. The monoisotopic (exact) mass is 262 g/mol. The van der Waals surface area contributed by atoms with Gasteiger partial charge in [-0.2, -0.15) is 5.26 Å². The lowest BCUT2D eigenvalue weighted by Gasteiger charge is -2.45. The van der Waals surface area contributed by atoms with Gasteiger partial charge in [-0.15, -0.1) is 0 Å². The van der Waals surface area contributed by atoms with E-state index >= 15 is 0 Å². The molecular formula is C12H14N4OS. The summed E-state index contributed by atoms with van der Waals surface area (Å²) in [5.74, 6) is 1.24. The van der Waals surface area contributed by atoms with E-state index in [0.29, 0.717) is 18.4 Å². The molecule has 2 saturated heterocycles. The van der Waals surface area contributed by atoms with Gasteiger partial charge in [-0.1, -0.05) is 12.2 Å². The number of amides is 1. The maximum atomic E-state index is 11.9. The van der Waals surface area contributed by atoms with Crippen molar-refractivity contribution in [2.45, 2.75) is 12.8 Å². The second-order valence-electron chi connectivity index (χ2n) is 4.84. The average molecular weight is 262 g/mol. The molecule has 1 atom stereocenters. The van der Waals surface area contributed by atoms with Crippen molar-refractivity contribution in [2.24, 2.45) is 11.3 Å². The summed E-state index contributed by atoms with van der Waals surface area (Å²) in [6, 6.07) is 2.08. The van der Waals surface area contributed by atoms with E-state index in [0.717, 1.165) is 13.1 Å². The minimum absolute atomic E-state index is 0.256. The molecule has 1 spiro atoms. The number of carbonyl (C=O) groups excluding carboxylic acids is 1. The number of nitrogens with one attached hydrogen (secondary N) is 2. The number of nitriles is 1. The Morgan fingerprint density at radius 1 is 1.56 bits per heavy atom. The predicted molar refractivity (Wildman–Crippen MR) is 70.2 cm³/mol. The lowest BCUT2D eigenvalue weighted by Crippen LogP contribution is -2.56. The standard InChI is InChI=1S/C12H14N4OS/c1-16-4-2-12(3-5-16)8(6-13)10(17)15-11(18)9(12)7-14/h8,14H,2-5H2,1H3,(H,15,17,18)/t8-/m0/s1. The van der Waals surface area contributed by atoms with Crippen LogP contribution in [0.4, 0.5) is 0 Å². The molecule has 0 aromatic carbocycles. The third kappa shape index (κ3) is 1.77. The smallest absolute Gasteiger partial charge is 0.243 e. The molecule has 2 rings (SSSR count). The summed E-state index contributed by atoms with van der Waals surface area (Å²) in [4.78, 5) is 14.3. The van der Waals surface area contributed by atoms with Crippen molar-refractivity contribution in [3.05, 3.63) is 5.57 Å². The van der Waals surface area contributed by atoms with Gasteiger partial charge in [0.05, 0.1) is 11.6 Å². The van der Waals surface area contributed by atoms with E-state index < -0.39 is 11.3 Å². The van der Waals surface area contributed by atoms with Crippen LogP contribution in [0.1, 0.15) is 12.8 Å². The van der Waals surface area contributed by atoms with Gasteiger partial charge in [-0.25, -0.2) is 0 Å². The van der Waals surface area contributed by atoms with Gasteiger partial charge >= 0.3 is 0 Å². The van der Waals surface area contributed by atoms with Crippen molar-refractivity contribution in [3.8, 4) is 6.07 Å². The van der Waals surface area contributed by atoms with Crippen LogP contribution in [0.2, 0.25) is 0 Å². The fourth-order valence-electron chi connectivity index (χ4n) is 2.79. The predicted octanol–water partition coefficient (Wildman–Crippen LogP) is 0.470. The maximum absolute atomic E-state index is 11.9. The van der Waals surface area contributed by atoms with Crippen LogP contribution in [0.25, 0.3) is 0 Å². The molecule has 0 unspecified atom stereocenters. The first kappa shape index (κ1) is 12.9. The van der Waals surface area contributed by atoms with Crippen molar-refractivity contribution in [1.29, 1.82) is 10.7 Å². The Morgan fingerprint density at radius 2 is 2.17 bits per heavy atom. The first-order valence-corrected chi connectivity index (χ1v) is 6.19. The maximum Gasteiger partial charge on any atom is 0.243 e. The number of piperidine rings is 2. The van der Waals surface area contributed by atoms with Crippen LogP contribution in [-0.2, 0) is 4.79 Å². The second-order valence-corrected chi connectivity index (χ2v) is 5.25. The largest absolute Gasteiger partial charge is 0.315 e. The number of thiocarbonyl (C=S) groups is 1. The number of hydrogen-bond donors (Lipinski definition) is 2. The Hall–Kier alpha value is -1.54. The van der Waals surface area contributed by atoms with Gasteiger partial charge in [0.1, 0.15) is 10.9 Å².